The number of nitrogens with zero attached hydrogens (tertiary/aromatic N) is 3. The van der Waals surface area contributed by atoms with Gasteiger partial charge in [-0.2, -0.15) is 15.0 Å². The number of nitrogens with one attached hydrogen (secondary N) is 1. The summed E-state index contributed by atoms with van der Waals surface area (Å²) in [5.41, 5.74) is 6.88. The van der Waals surface area contributed by atoms with Crippen molar-refractivity contribution < 1.29 is 22.6 Å². The van der Waals surface area contributed by atoms with Gasteiger partial charge in [0.15, 0.2) is 5.82 Å². The molecule has 1 heterocycles. The second-order valence-corrected chi connectivity index (χ2v) is 5.27. The highest BCUT2D eigenvalue weighted by Gasteiger charge is 2.30. The molecule has 0 saturated heterocycles. The number of aromatic nitrogens is 3. The zero-order chi connectivity index (χ0) is 19.4. The average Bonchev–Trinajstić information content (AvgIpc) is 2.62. The number of hydrogen-bond donors (Lipinski definition) is 2. The Balaban J connectivity index is 1.79. The van der Waals surface area contributed by atoms with Gasteiger partial charge in [-0.25, -0.2) is 0 Å². The van der Waals surface area contributed by atoms with E-state index in [0.717, 1.165) is 0 Å². The molecule has 0 aliphatic carbocycles. The van der Waals surface area contributed by atoms with Crippen molar-refractivity contribution in [3.05, 3.63) is 48.5 Å². The predicted octanol–water partition coefficient (Wildman–Crippen LogP) is 3.77. The second kappa shape index (κ2) is 7.36. The van der Waals surface area contributed by atoms with Crippen LogP contribution in [0.2, 0.25) is 0 Å². The van der Waals surface area contributed by atoms with Crippen molar-refractivity contribution in [3.63, 3.8) is 0 Å². The lowest BCUT2D eigenvalue weighted by Crippen LogP contribution is -2.17. The smallest absolute Gasteiger partial charge is 0.497 e. The maximum absolute atomic E-state index is 12.2. The zero-order valence-corrected chi connectivity index (χ0v) is 14.0. The number of nitrogen functional groups attached to an aromatic ring is 1. The first-order chi connectivity index (χ1) is 12.8. The van der Waals surface area contributed by atoms with Crippen LogP contribution in [0.25, 0.3) is 11.4 Å². The second-order valence-electron chi connectivity index (χ2n) is 5.27. The Morgan fingerprint density at radius 2 is 1.52 bits per heavy atom. The van der Waals surface area contributed by atoms with Crippen molar-refractivity contribution in [2.45, 2.75) is 6.36 Å². The molecular weight excluding hydrogens is 363 g/mol. The fourth-order valence-corrected chi connectivity index (χ4v) is 2.19. The van der Waals surface area contributed by atoms with E-state index >= 15 is 0 Å². The minimum Gasteiger partial charge on any atom is -0.497 e. The molecular formula is C17H14F3N5O2. The summed E-state index contributed by atoms with van der Waals surface area (Å²) in [6.45, 7) is 0. The fourth-order valence-electron chi connectivity index (χ4n) is 2.19. The van der Waals surface area contributed by atoms with Gasteiger partial charge in [0.1, 0.15) is 11.5 Å². The van der Waals surface area contributed by atoms with Crippen molar-refractivity contribution in [2.75, 3.05) is 18.2 Å². The standard InChI is InChI=1S/C17H14F3N5O2/c1-26-12-6-2-10(3-7-12)14-23-15(21)25-16(24-14)22-11-4-8-13(9-5-11)27-17(18,19)20/h2-9H,1H3,(H3,21,22,23,24,25). The number of methoxy groups -OCH3 is 1. The largest absolute Gasteiger partial charge is 0.573 e. The Hall–Kier alpha value is -3.56. The van der Waals surface area contributed by atoms with Gasteiger partial charge < -0.3 is 20.5 Å². The number of hydrogen-bond acceptors (Lipinski definition) is 7. The molecule has 0 aliphatic rings. The Bertz CT molecular complexity index is 915. The molecule has 0 saturated carbocycles. The highest BCUT2D eigenvalue weighted by Crippen LogP contribution is 2.25. The number of anilines is 3. The van der Waals surface area contributed by atoms with E-state index in [1.165, 1.54) is 24.3 Å². The van der Waals surface area contributed by atoms with E-state index in [1.807, 2.05) is 0 Å². The lowest BCUT2D eigenvalue weighted by molar-refractivity contribution is -0.274. The monoisotopic (exact) mass is 377 g/mol. The highest BCUT2D eigenvalue weighted by atomic mass is 19.4. The van der Waals surface area contributed by atoms with E-state index in [2.05, 4.69) is 25.0 Å². The number of halogens is 3. The van der Waals surface area contributed by atoms with E-state index in [4.69, 9.17) is 10.5 Å². The van der Waals surface area contributed by atoms with Gasteiger partial charge >= 0.3 is 6.36 Å². The lowest BCUT2D eigenvalue weighted by Gasteiger charge is -2.10. The van der Waals surface area contributed by atoms with Gasteiger partial charge in [-0.3, -0.25) is 0 Å². The summed E-state index contributed by atoms with van der Waals surface area (Å²) >= 11 is 0. The molecule has 27 heavy (non-hydrogen) atoms. The number of alkyl halides is 3. The third-order valence-corrected chi connectivity index (χ3v) is 3.34. The summed E-state index contributed by atoms with van der Waals surface area (Å²) in [5, 5.41) is 2.86. The summed E-state index contributed by atoms with van der Waals surface area (Å²) in [6, 6.07) is 12.2. The highest BCUT2D eigenvalue weighted by molar-refractivity contribution is 5.61. The van der Waals surface area contributed by atoms with E-state index in [0.29, 0.717) is 22.8 Å². The molecule has 3 aromatic rings. The molecule has 0 unspecified atom stereocenters. The van der Waals surface area contributed by atoms with Crippen LogP contribution in [0, 0.1) is 0 Å². The minimum absolute atomic E-state index is 0.00431. The van der Waals surface area contributed by atoms with Crippen LogP contribution < -0.4 is 20.5 Å². The molecule has 0 aliphatic heterocycles. The van der Waals surface area contributed by atoms with Gasteiger partial charge in [0.05, 0.1) is 7.11 Å². The van der Waals surface area contributed by atoms with E-state index in [9.17, 15) is 13.2 Å². The number of benzene rings is 2. The quantitative estimate of drug-likeness (QED) is 0.699. The molecule has 0 amide bonds. The zero-order valence-electron chi connectivity index (χ0n) is 14.0. The van der Waals surface area contributed by atoms with Gasteiger partial charge in [-0.05, 0) is 48.5 Å². The predicted molar refractivity (Wildman–Crippen MR) is 92.6 cm³/mol. The summed E-state index contributed by atoms with van der Waals surface area (Å²) < 4.78 is 45.5. The summed E-state index contributed by atoms with van der Waals surface area (Å²) in [7, 11) is 1.56. The first kappa shape index (κ1) is 18.2. The summed E-state index contributed by atoms with van der Waals surface area (Å²) in [6.07, 6.45) is -4.75. The Morgan fingerprint density at radius 1 is 0.889 bits per heavy atom. The number of rotatable bonds is 5. The molecule has 10 heteroatoms. The number of nitrogens with two attached hydrogens (primary N) is 1. The third kappa shape index (κ3) is 4.97. The molecule has 1 aromatic heterocycles. The fraction of sp³-hybridized carbons (Fsp3) is 0.118. The van der Waals surface area contributed by atoms with Crippen LogP contribution in [-0.2, 0) is 0 Å². The lowest BCUT2D eigenvalue weighted by atomic mass is 10.2. The molecule has 3 rings (SSSR count). The molecule has 0 fully saturated rings. The molecule has 0 radical (unpaired) electrons. The van der Waals surface area contributed by atoms with Crippen LogP contribution in [0.15, 0.2) is 48.5 Å². The first-order valence-corrected chi connectivity index (χ1v) is 7.61. The molecule has 0 spiro atoms. The minimum atomic E-state index is -4.75. The Morgan fingerprint density at radius 3 is 2.11 bits per heavy atom. The van der Waals surface area contributed by atoms with Gasteiger partial charge in [-0.15, -0.1) is 13.2 Å². The van der Waals surface area contributed by atoms with E-state index in [1.54, 1.807) is 31.4 Å². The summed E-state index contributed by atoms with van der Waals surface area (Å²) in [4.78, 5) is 12.3. The van der Waals surface area contributed by atoms with Crippen LogP contribution in [0.3, 0.4) is 0 Å². The normalized spacial score (nSPS) is 11.1. The summed E-state index contributed by atoms with van der Waals surface area (Å²) in [5.74, 6) is 0.834. The maximum Gasteiger partial charge on any atom is 0.573 e. The van der Waals surface area contributed by atoms with Crippen LogP contribution in [-0.4, -0.2) is 28.4 Å². The first-order valence-electron chi connectivity index (χ1n) is 7.61. The van der Waals surface area contributed by atoms with E-state index < -0.39 is 6.36 Å². The molecule has 0 bridgehead atoms. The Labute approximate surface area is 152 Å². The van der Waals surface area contributed by atoms with Crippen molar-refractivity contribution in [1.82, 2.24) is 15.0 Å². The van der Waals surface area contributed by atoms with Gasteiger partial charge in [0, 0.05) is 11.3 Å². The molecule has 7 nitrogen and oxygen atoms in total. The van der Waals surface area contributed by atoms with Crippen LogP contribution >= 0.6 is 0 Å². The van der Waals surface area contributed by atoms with Gasteiger partial charge in [0.2, 0.25) is 11.9 Å². The SMILES string of the molecule is COc1ccc(-c2nc(N)nc(Nc3ccc(OC(F)(F)F)cc3)n2)cc1. The maximum atomic E-state index is 12.2. The van der Waals surface area contributed by atoms with Crippen molar-refractivity contribution in [1.29, 1.82) is 0 Å². The van der Waals surface area contributed by atoms with E-state index in [-0.39, 0.29) is 17.6 Å². The van der Waals surface area contributed by atoms with Crippen LogP contribution in [0.1, 0.15) is 0 Å². The molecule has 2 aromatic carbocycles. The van der Waals surface area contributed by atoms with Crippen molar-refractivity contribution in [3.8, 4) is 22.9 Å². The topological polar surface area (TPSA) is 95.2 Å². The average molecular weight is 377 g/mol. The van der Waals surface area contributed by atoms with Crippen LogP contribution in [0.5, 0.6) is 11.5 Å². The van der Waals surface area contributed by atoms with Gasteiger partial charge in [-0.1, -0.05) is 0 Å². The van der Waals surface area contributed by atoms with Crippen molar-refractivity contribution >= 4 is 17.6 Å². The van der Waals surface area contributed by atoms with Crippen LogP contribution in [0.4, 0.5) is 30.8 Å². The third-order valence-electron chi connectivity index (χ3n) is 3.34. The number of ether oxygens (including phenoxy) is 2. The Kier molecular flexibility index (Phi) is 4.97. The molecule has 3 N–H and O–H groups in total. The van der Waals surface area contributed by atoms with Gasteiger partial charge in [0.25, 0.3) is 0 Å². The van der Waals surface area contributed by atoms with Crippen molar-refractivity contribution in [2.24, 2.45) is 0 Å². The molecule has 140 valence electrons. The molecule has 0 atom stereocenters.